The summed E-state index contributed by atoms with van der Waals surface area (Å²) >= 11 is 0. The van der Waals surface area contributed by atoms with Crippen LogP contribution in [0.25, 0.3) is 0 Å². The van der Waals surface area contributed by atoms with E-state index in [4.69, 9.17) is 9.47 Å². The van der Waals surface area contributed by atoms with E-state index in [1.807, 2.05) is 13.8 Å². The minimum absolute atomic E-state index is 0.0602. The molecule has 138 valence electrons. The lowest BCUT2D eigenvalue weighted by Crippen LogP contribution is -2.47. The standard InChI is InChI=1S/C16H22N2O7/c1-5-10(2)15(16(20)24-4)17-14(19)9-25-13-8-11(18(21)22)6-7-12(13)23-3/h6-8,10,15H,5,9H2,1-4H3,(H,17,19)/t10-,15-/m1/s1. The van der Waals surface area contributed by atoms with Gasteiger partial charge in [0, 0.05) is 6.07 Å². The summed E-state index contributed by atoms with van der Waals surface area (Å²) in [6.07, 6.45) is 0.666. The molecule has 25 heavy (non-hydrogen) atoms. The van der Waals surface area contributed by atoms with Crippen LogP contribution in [0.1, 0.15) is 20.3 Å². The Labute approximate surface area is 145 Å². The fraction of sp³-hybridized carbons (Fsp3) is 0.500. The Hall–Kier alpha value is -2.84. The zero-order valence-corrected chi connectivity index (χ0v) is 14.6. The SMILES string of the molecule is CC[C@@H](C)[C@@H](NC(=O)COc1cc([N+](=O)[O-])ccc1OC)C(=O)OC. The number of nitrogens with one attached hydrogen (secondary N) is 1. The average Bonchev–Trinajstić information content (AvgIpc) is 2.62. The first-order valence-electron chi connectivity index (χ1n) is 7.66. The molecule has 0 radical (unpaired) electrons. The van der Waals surface area contributed by atoms with Crippen molar-refractivity contribution < 1.29 is 28.7 Å². The number of hydrogen-bond acceptors (Lipinski definition) is 7. The van der Waals surface area contributed by atoms with Gasteiger partial charge in [-0.05, 0) is 12.0 Å². The van der Waals surface area contributed by atoms with E-state index in [9.17, 15) is 19.7 Å². The zero-order chi connectivity index (χ0) is 19.0. The molecule has 0 fully saturated rings. The minimum atomic E-state index is -0.793. The maximum Gasteiger partial charge on any atom is 0.328 e. The highest BCUT2D eigenvalue weighted by atomic mass is 16.6. The molecule has 1 N–H and O–H groups in total. The van der Waals surface area contributed by atoms with E-state index in [1.54, 1.807) is 0 Å². The molecule has 0 heterocycles. The van der Waals surface area contributed by atoms with Crippen LogP contribution >= 0.6 is 0 Å². The van der Waals surface area contributed by atoms with Crippen molar-refractivity contribution in [2.24, 2.45) is 5.92 Å². The maximum atomic E-state index is 12.1. The van der Waals surface area contributed by atoms with Gasteiger partial charge in [-0.3, -0.25) is 14.9 Å². The number of rotatable bonds is 9. The molecule has 0 saturated carbocycles. The summed E-state index contributed by atoms with van der Waals surface area (Å²) in [5.41, 5.74) is -0.191. The molecule has 0 bridgehead atoms. The molecule has 0 aliphatic heterocycles. The van der Waals surface area contributed by atoms with E-state index in [1.165, 1.54) is 32.4 Å². The normalized spacial score (nSPS) is 12.6. The second kappa shape index (κ2) is 9.45. The van der Waals surface area contributed by atoms with Gasteiger partial charge in [-0.1, -0.05) is 20.3 Å². The number of non-ortho nitro benzene ring substituents is 1. The molecule has 0 aromatic heterocycles. The molecule has 0 aliphatic rings. The highest BCUT2D eigenvalue weighted by Crippen LogP contribution is 2.31. The van der Waals surface area contributed by atoms with E-state index in [2.05, 4.69) is 10.1 Å². The number of carbonyl (C=O) groups excluding carboxylic acids is 2. The predicted octanol–water partition coefficient (Wildman–Crippen LogP) is 1.69. The lowest BCUT2D eigenvalue weighted by molar-refractivity contribution is -0.385. The third-order valence-electron chi connectivity index (χ3n) is 3.70. The number of benzene rings is 1. The summed E-state index contributed by atoms with van der Waals surface area (Å²) in [5, 5.41) is 13.4. The van der Waals surface area contributed by atoms with Gasteiger partial charge in [0.05, 0.1) is 25.2 Å². The molecule has 1 aromatic carbocycles. The smallest absolute Gasteiger partial charge is 0.328 e. The first-order chi connectivity index (χ1) is 11.8. The second-order valence-corrected chi connectivity index (χ2v) is 5.33. The average molecular weight is 354 g/mol. The Balaban J connectivity index is 2.79. The fourth-order valence-electron chi connectivity index (χ4n) is 2.05. The zero-order valence-electron chi connectivity index (χ0n) is 14.6. The third kappa shape index (κ3) is 5.63. The predicted molar refractivity (Wildman–Crippen MR) is 88.5 cm³/mol. The number of methoxy groups -OCH3 is 2. The molecule has 0 unspecified atom stereocenters. The molecule has 2 atom stereocenters. The van der Waals surface area contributed by atoms with E-state index in [0.29, 0.717) is 6.42 Å². The Morgan fingerprint density at radius 2 is 1.96 bits per heavy atom. The summed E-state index contributed by atoms with van der Waals surface area (Å²) < 4.78 is 15.1. The molecule has 9 heteroatoms. The van der Waals surface area contributed by atoms with Gasteiger partial charge in [0.15, 0.2) is 18.1 Å². The Kier molecular flexibility index (Phi) is 7.64. The van der Waals surface area contributed by atoms with Gasteiger partial charge in [0.25, 0.3) is 11.6 Å². The molecular formula is C16H22N2O7. The third-order valence-corrected chi connectivity index (χ3v) is 3.70. The number of hydrogen-bond donors (Lipinski definition) is 1. The van der Waals surface area contributed by atoms with Crippen LogP contribution in [0.4, 0.5) is 5.69 Å². The number of esters is 1. The van der Waals surface area contributed by atoms with Gasteiger partial charge in [0.2, 0.25) is 0 Å². The summed E-state index contributed by atoms with van der Waals surface area (Å²) in [5.74, 6) is -0.904. The molecule has 0 aliphatic carbocycles. The van der Waals surface area contributed by atoms with Gasteiger partial charge >= 0.3 is 5.97 Å². The van der Waals surface area contributed by atoms with E-state index in [-0.39, 0.29) is 23.1 Å². The number of carbonyl (C=O) groups is 2. The summed E-state index contributed by atoms with van der Waals surface area (Å²) in [6.45, 7) is 3.27. The first-order valence-corrected chi connectivity index (χ1v) is 7.66. The highest BCUT2D eigenvalue weighted by Gasteiger charge is 2.27. The van der Waals surface area contributed by atoms with Crippen molar-refractivity contribution in [3.05, 3.63) is 28.3 Å². The number of ether oxygens (including phenoxy) is 3. The fourth-order valence-corrected chi connectivity index (χ4v) is 2.05. The van der Waals surface area contributed by atoms with E-state index < -0.39 is 29.4 Å². The van der Waals surface area contributed by atoms with Crippen LogP contribution in [0.2, 0.25) is 0 Å². The number of nitro groups is 1. The molecular weight excluding hydrogens is 332 g/mol. The van der Waals surface area contributed by atoms with Crippen LogP contribution in [0, 0.1) is 16.0 Å². The van der Waals surface area contributed by atoms with Gasteiger partial charge < -0.3 is 19.5 Å². The van der Waals surface area contributed by atoms with Crippen molar-refractivity contribution in [1.29, 1.82) is 0 Å². The van der Waals surface area contributed by atoms with Crippen LogP contribution in [-0.4, -0.2) is 43.7 Å². The highest BCUT2D eigenvalue weighted by molar-refractivity contribution is 5.85. The van der Waals surface area contributed by atoms with Crippen molar-refractivity contribution in [3.63, 3.8) is 0 Å². The minimum Gasteiger partial charge on any atom is -0.493 e. The van der Waals surface area contributed by atoms with Crippen molar-refractivity contribution in [3.8, 4) is 11.5 Å². The Morgan fingerprint density at radius 3 is 2.48 bits per heavy atom. The van der Waals surface area contributed by atoms with Gasteiger partial charge in [-0.25, -0.2) is 4.79 Å². The van der Waals surface area contributed by atoms with Gasteiger partial charge in [0.1, 0.15) is 6.04 Å². The Bertz CT molecular complexity index is 633. The summed E-state index contributed by atoms with van der Waals surface area (Å²) in [6, 6.07) is 3.01. The quantitative estimate of drug-likeness (QED) is 0.407. The molecule has 0 spiro atoms. The second-order valence-electron chi connectivity index (χ2n) is 5.33. The number of nitro benzene ring substituents is 1. The molecule has 1 rings (SSSR count). The topological polar surface area (TPSA) is 117 Å². The van der Waals surface area contributed by atoms with Crippen LogP contribution in [0.3, 0.4) is 0 Å². The number of nitrogens with zero attached hydrogens (tertiary/aromatic N) is 1. The maximum absolute atomic E-state index is 12.1. The monoisotopic (exact) mass is 354 g/mol. The molecule has 9 nitrogen and oxygen atoms in total. The van der Waals surface area contributed by atoms with Crippen molar-refractivity contribution >= 4 is 17.6 Å². The summed E-state index contributed by atoms with van der Waals surface area (Å²) in [4.78, 5) is 34.1. The van der Waals surface area contributed by atoms with Gasteiger partial charge in [-0.15, -0.1) is 0 Å². The molecule has 0 saturated heterocycles. The van der Waals surface area contributed by atoms with Crippen molar-refractivity contribution in [1.82, 2.24) is 5.32 Å². The lowest BCUT2D eigenvalue weighted by atomic mass is 9.99. The van der Waals surface area contributed by atoms with Crippen molar-refractivity contribution in [2.45, 2.75) is 26.3 Å². The largest absolute Gasteiger partial charge is 0.493 e. The first kappa shape index (κ1) is 20.2. The van der Waals surface area contributed by atoms with Crippen LogP contribution < -0.4 is 14.8 Å². The van der Waals surface area contributed by atoms with Gasteiger partial charge in [-0.2, -0.15) is 0 Å². The lowest BCUT2D eigenvalue weighted by Gasteiger charge is -2.21. The summed E-state index contributed by atoms with van der Waals surface area (Å²) in [7, 11) is 2.62. The number of amides is 1. The molecule has 1 aromatic rings. The van der Waals surface area contributed by atoms with E-state index >= 15 is 0 Å². The van der Waals surface area contributed by atoms with Crippen LogP contribution in [0.15, 0.2) is 18.2 Å². The molecule has 1 amide bonds. The van der Waals surface area contributed by atoms with E-state index in [0.717, 1.165) is 0 Å². The van der Waals surface area contributed by atoms with Crippen LogP contribution in [0.5, 0.6) is 11.5 Å². The van der Waals surface area contributed by atoms with Crippen LogP contribution in [-0.2, 0) is 14.3 Å². The van der Waals surface area contributed by atoms with Crippen molar-refractivity contribution in [2.75, 3.05) is 20.8 Å². The Morgan fingerprint density at radius 1 is 1.28 bits per heavy atom.